The zero-order chi connectivity index (χ0) is 14.8. The topological polar surface area (TPSA) is 33.1 Å². The minimum Gasteiger partial charge on any atom is -0.367 e. The van der Waals surface area contributed by atoms with Crippen molar-refractivity contribution in [1.82, 2.24) is 14.9 Å². The first kappa shape index (κ1) is 14.1. The molecule has 0 atom stereocenters. The number of rotatable bonds is 6. The second-order valence-corrected chi connectivity index (χ2v) is 6.10. The van der Waals surface area contributed by atoms with E-state index in [1.54, 1.807) is 0 Å². The fraction of sp³-hybridized carbons (Fsp3) is 0.471. The highest BCUT2D eigenvalue weighted by molar-refractivity contribution is 5.54. The second kappa shape index (κ2) is 5.90. The molecule has 0 bridgehead atoms. The second-order valence-electron chi connectivity index (χ2n) is 6.10. The van der Waals surface area contributed by atoms with Gasteiger partial charge in [0, 0.05) is 44.8 Å². The summed E-state index contributed by atoms with van der Waals surface area (Å²) in [5, 5.41) is 3.62. The van der Waals surface area contributed by atoms with Gasteiger partial charge in [-0.1, -0.05) is 17.7 Å². The van der Waals surface area contributed by atoms with E-state index in [2.05, 4.69) is 51.9 Å². The van der Waals surface area contributed by atoms with Gasteiger partial charge < -0.3 is 14.8 Å². The fourth-order valence-electron chi connectivity index (χ4n) is 2.62. The van der Waals surface area contributed by atoms with Crippen molar-refractivity contribution in [3.8, 4) is 0 Å². The number of imidazole rings is 1. The van der Waals surface area contributed by atoms with Crippen molar-refractivity contribution < 1.29 is 0 Å². The molecule has 1 saturated carbocycles. The van der Waals surface area contributed by atoms with E-state index in [-0.39, 0.29) is 0 Å². The standard InChI is InChI=1S/C17H24N4/c1-13-4-7-16(14(10-13)11-19-15-5-6-15)21(3)12-17-18-8-9-20(17)2/h4,7-10,15,19H,5-6,11-12H2,1-3H3. The van der Waals surface area contributed by atoms with E-state index >= 15 is 0 Å². The fourth-order valence-corrected chi connectivity index (χ4v) is 2.62. The number of hydrogen-bond acceptors (Lipinski definition) is 3. The lowest BCUT2D eigenvalue weighted by Crippen LogP contribution is -2.23. The van der Waals surface area contributed by atoms with Crippen LogP contribution in [0.5, 0.6) is 0 Å². The zero-order valence-corrected chi connectivity index (χ0v) is 13.1. The normalized spacial score (nSPS) is 14.4. The number of hydrogen-bond donors (Lipinski definition) is 1. The van der Waals surface area contributed by atoms with Crippen LogP contribution in [0.15, 0.2) is 30.6 Å². The summed E-state index contributed by atoms with van der Waals surface area (Å²) in [4.78, 5) is 6.70. The molecule has 0 aliphatic heterocycles. The molecule has 0 saturated heterocycles. The van der Waals surface area contributed by atoms with Crippen molar-refractivity contribution >= 4 is 5.69 Å². The van der Waals surface area contributed by atoms with E-state index in [4.69, 9.17) is 0 Å². The van der Waals surface area contributed by atoms with Gasteiger partial charge in [-0.3, -0.25) is 0 Å². The summed E-state index contributed by atoms with van der Waals surface area (Å²) in [6.07, 6.45) is 6.50. The Bertz CT molecular complexity index is 613. The molecule has 0 amide bonds. The van der Waals surface area contributed by atoms with Gasteiger partial charge >= 0.3 is 0 Å². The van der Waals surface area contributed by atoms with E-state index in [1.807, 2.05) is 19.4 Å². The molecule has 112 valence electrons. The van der Waals surface area contributed by atoms with Gasteiger partial charge in [0.1, 0.15) is 5.82 Å². The minimum atomic E-state index is 0.734. The lowest BCUT2D eigenvalue weighted by atomic mass is 10.1. The van der Waals surface area contributed by atoms with Gasteiger partial charge in [-0.2, -0.15) is 0 Å². The van der Waals surface area contributed by atoms with Crippen LogP contribution < -0.4 is 10.2 Å². The maximum Gasteiger partial charge on any atom is 0.127 e. The smallest absolute Gasteiger partial charge is 0.127 e. The quantitative estimate of drug-likeness (QED) is 0.885. The molecule has 0 radical (unpaired) electrons. The Labute approximate surface area is 126 Å². The Morgan fingerprint density at radius 1 is 1.38 bits per heavy atom. The highest BCUT2D eigenvalue weighted by Gasteiger charge is 2.21. The monoisotopic (exact) mass is 284 g/mol. The van der Waals surface area contributed by atoms with Crippen LogP contribution in [-0.2, 0) is 20.1 Å². The van der Waals surface area contributed by atoms with Crippen molar-refractivity contribution in [2.75, 3.05) is 11.9 Å². The molecule has 4 nitrogen and oxygen atoms in total. The number of benzene rings is 1. The summed E-state index contributed by atoms with van der Waals surface area (Å²) in [7, 11) is 4.18. The van der Waals surface area contributed by atoms with Crippen LogP contribution >= 0.6 is 0 Å². The first-order chi connectivity index (χ1) is 10.1. The molecule has 2 aromatic rings. The highest BCUT2D eigenvalue weighted by atomic mass is 15.2. The summed E-state index contributed by atoms with van der Waals surface area (Å²) in [5.41, 5.74) is 3.98. The van der Waals surface area contributed by atoms with Crippen LogP contribution in [0.4, 0.5) is 5.69 Å². The first-order valence-corrected chi connectivity index (χ1v) is 7.64. The summed E-state index contributed by atoms with van der Waals surface area (Å²) in [6.45, 7) is 3.93. The maximum absolute atomic E-state index is 4.42. The molecular weight excluding hydrogens is 260 g/mol. The third-order valence-corrected chi connectivity index (χ3v) is 4.10. The summed E-state index contributed by atoms with van der Waals surface area (Å²) < 4.78 is 2.08. The number of aryl methyl sites for hydroxylation is 2. The predicted molar refractivity (Wildman–Crippen MR) is 86.4 cm³/mol. The van der Waals surface area contributed by atoms with Gasteiger partial charge in [0.2, 0.25) is 0 Å². The zero-order valence-electron chi connectivity index (χ0n) is 13.1. The predicted octanol–water partition coefficient (Wildman–Crippen LogP) is 2.62. The first-order valence-electron chi connectivity index (χ1n) is 7.64. The summed E-state index contributed by atoms with van der Waals surface area (Å²) in [5.74, 6) is 1.08. The lowest BCUT2D eigenvalue weighted by molar-refractivity contribution is 0.683. The van der Waals surface area contributed by atoms with Crippen LogP contribution in [0.3, 0.4) is 0 Å². The molecule has 4 heteroatoms. The van der Waals surface area contributed by atoms with Gasteiger partial charge in [-0.15, -0.1) is 0 Å². The van der Waals surface area contributed by atoms with Crippen molar-refractivity contribution in [2.24, 2.45) is 7.05 Å². The molecule has 1 aliphatic carbocycles. The Morgan fingerprint density at radius 3 is 2.86 bits per heavy atom. The van der Waals surface area contributed by atoms with Crippen LogP contribution in [-0.4, -0.2) is 22.6 Å². The lowest BCUT2D eigenvalue weighted by Gasteiger charge is -2.23. The van der Waals surface area contributed by atoms with Crippen LogP contribution in [0, 0.1) is 6.92 Å². The van der Waals surface area contributed by atoms with Gasteiger partial charge in [0.05, 0.1) is 6.54 Å². The summed E-state index contributed by atoms with van der Waals surface area (Å²) in [6, 6.07) is 7.44. The Hall–Kier alpha value is -1.81. The molecule has 1 aromatic carbocycles. The van der Waals surface area contributed by atoms with Crippen molar-refractivity contribution in [3.05, 3.63) is 47.5 Å². The average molecular weight is 284 g/mol. The average Bonchev–Trinajstić information content (AvgIpc) is 3.20. The highest BCUT2D eigenvalue weighted by Crippen LogP contribution is 2.25. The Balaban J connectivity index is 1.77. The molecule has 0 unspecified atom stereocenters. The molecule has 3 rings (SSSR count). The minimum absolute atomic E-state index is 0.734. The molecular formula is C17H24N4. The van der Waals surface area contributed by atoms with Crippen molar-refractivity contribution in [2.45, 2.75) is 38.9 Å². The van der Waals surface area contributed by atoms with Gasteiger partial charge in [0.15, 0.2) is 0 Å². The van der Waals surface area contributed by atoms with Crippen molar-refractivity contribution in [3.63, 3.8) is 0 Å². The van der Waals surface area contributed by atoms with Gasteiger partial charge in [-0.05, 0) is 31.4 Å². The maximum atomic E-state index is 4.42. The molecule has 21 heavy (non-hydrogen) atoms. The Morgan fingerprint density at radius 2 is 2.19 bits per heavy atom. The third kappa shape index (κ3) is 3.45. The number of nitrogens with zero attached hydrogens (tertiary/aromatic N) is 3. The molecule has 0 spiro atoms. The van der Waals surface area contributed by atoms with Gasteiger partial charge in [0.25, 0.3) is 0 Å². The molecule has 1 aliphatic rings. The van der Waals surface area contributed by atoms with E-state index in [1.165, 1.54) is 29.7 Å². The molecule has 1 fully saturated rings. The molecule has 1 heterocycles. The van der Waals surface area contributed by atoms with Crippen LogP contribution in [0.2, 0.25) is 0 Å². The third-order valence-electron chi connectivity index (χ3n) is 4.10. The SMILES string of the molecule is Cc1ccc(N(C)Cc2nccn2C)c(CNC2CC2)c1. The number of nitrogens with one attached hydrogen (secondary N) is 1. The van der Waals surface area contributed by atoms with E-state index in [0.717, 1.165) is 25.0 Å². The van der Waals surface area contributed by atoms with Crippen molar-refractivity contribution in [1.29, 1.82) is 0 Å². The largest absolute Gasteiger partial charge is 0.367 e. The van der Waals surface area contributed by atoms with Gasteiger partial charge in [-0.25, -0.2) is 4.98 Å². The number of anilines is 1. The molecule has 1 N–H and O–H groups in total. The summed E-state index contributed by atoms with van der Waals surface area (Å²) >= 11 is 0. The van der Waals surface area contributed by atoms with E-state index in [0.29, 0.717) is 0 Å². The van der Waals surface area contributed by atoms with Crippen LogP contribution in [0.1, 0.15) is 29.8 Å². The number of aromatic nitrogens is 2. The van der Waals surface area contributed by atoms with E-state index in [9.17, 15) is 0 Å². The van der Waals surface area contributed by atoms with E-state index < -0.39 is 0 Å². The Kier molecular flexibility index (Phi) is 3.97. The molecule has 1 aromatic heterocycles. The van der Waals surface area contributed by atoms with Crippen LogP contribution in [0.25, 0.3) is 0 Å².